The molecule has 0 aliphatic heterocycles. The maximum absolute atomic E-state index is 13.1. The second-order valence-corrected chi connectivity index (χ2v) is 3.74. The molecule has 9 heteroatoms. The summed E-state index contributed by atoms with van der Waals surface area (Å²) in [6, 6.07) is 0. The molecule has 1 aliphatic carbocycles. The fourth-order valence-corrected chi connectivity index (χ4v) is 1.40. The molecule has 0 bridgehead atoms. The molecule has 0 radical (unpaired) electrons. The molecule has 0 aromatic rings. The monoisotopic (exact) mass is 293 g/mol. The van der Waals surface area contributed by atoms with Gasteiger partial charge in [0.2, 0.25) is 0 Å². The quantitative estimate of drug-likeness (QED) is 0.797. The van der Waals surface area contributed by atoms with Gasteiger partial charge < -0.3 is 5.32 Å². The first-order valence-corrected chi connectivity index (χ1v) is 4.89. The van der Waals surface area contributed by atoms with Crippen LogP contribution in [0.3, 0.4) is 0 Å². The van der Waals surface area contributed by atoms with E-state index in [0.717, 1.165) is 0 Å². The Morgan fingerprint density at radius 2 is 1.89 bits per heavy atom. The first kappa shape index (κ1) is 14.9. The zero-order valence-electron chi connectivity index (χ0n) is 8.49. The molecule has 1 aliphatic rings. The van der Waals surface area contributed by atoms with Gasteiger partial charge in [0.15, 0.2) is 0 Å². The molecule has 0 atom stereocenters. The second-order valence-electron chi connectivity index (χ2n) is 3.36. The number of rotatable bonds is 3. The molecule has 1 rings (SSSR count). The van der Waals surface area contributed by atoms with Crippen LogP contribution in [0.5, 0.6) is 0 Å². The van der Waals surface area contributed by atoms with Crippen molar-refractivity contribution in [2.24, 2.45) is 0 Å². The van der Waals surface area contributed by atoms with Crippen LogP contribution in [0.4, 0.5) is 26.3 Å². The van der Waals surface area contributed by atoms with E-state index in [9.17, 15) is 31.1 Å². The summed E-state index contributed by atoms with van der Waals surface area (Å²) >= 11 is 5.02. The molecule has 0 fully saturated rings. The Hall–Kier alpha value is -1.18. The van der Waals surface area contributed by atoms with Crippen LogP contribution in [0, 0.1) is 0 Å². The largest absolute Gasteiger partial charge is 0.350 e. The van der Waals surface area contributed by atoms with Gasteiger partial charge in [-0.15, -0.1) is 0 Å². The topological polar surface area (TPSA) is 29.1 Å². The fourth-order valence-electron chi connectivity index (χ4n) is 1.12. The lowest BCUT2D eigenvalue weighted by Crippen LogP contribution is -2.43. The summed E-state index contributed by atoms with van der Waals surface area (Å²) in [5.74, 6) is -10.6. The van der Waals surface area contributed by atoms with Crippen LogP contribution in [0.2, 0.25) is 0 Å². The van der Waals surface area contributed by atoms with Crippen molar-refractivity contribution in [2.45, 2.75) is 18.3 Å². The van der Waals surface area contributed by atoms with E-state index < -0.39 is 41.3 Å². The molecule has 0 aromatic carbocycles. The molecule has 0 spiro atoms. The van der Waals surface area contributed by atoms with E-state index in [1.54, 1.807) is 5.32 Å². The second kappa shape index (κ2) is 4.83. The molecule has 0 saturated carbocycles. The summed E-state index contributed by atoms with van der Waals surface area (Å²) in [5.41, 5.74) is -0.965. The number of alkyl halides is 6. The molecule has 18 heavy (non-hydrogen) atoms. The van der Waals surface area contributed by atoms with E-state index in [2.05, 4.69) is 0 Å². The maximum Gasteiger partial charge on any atom is 0.350 e. The van der Waals surface area contributed by atoms with Gasteiger partial charge in [-0.05, 0) is 12.2 Å². The van der Waals surface area contributed by atoms with Crippen LogP contribution in [-0.4, -0.2) is 30.7 Å². The fraction of sp³-hybridized carbons (Fsp3) is 0.444. The number of carbonyl (C=O) groups is 1. The molecule has 102 valence electrons. The Morgan fingerprint density at radius 1 is 1.33 bits per heavy atom. The lowest BCUT2D eigenvalue weighted by atomic mass is 9.99. The maximum atomic E-state index is 13.1. The minimum absolute atomic E-state index is 0.198. The van der Waals surface area contributed by atoms with E-state index >= 15 is 0 Å². The minimum atomic E-state index is -4.75. The van der Waals surface area contributed by atoms with Crippen LogP contribution in [-0.2, 0) is 4.79 Å². The lowest BCUT2D eigenvalue weighted by molar-refractivity contribution is -0.152. The molecule has 2 nitrogen and oxygen atoms in total. The van der Waals surface area contributed by atoms with Gasteiger partial charge in [0.05, 0.1) is 12.1 Å². The van der Waals surface area contributed by atoms with E-state index in [4.69, 9.17) is 11.6 Å². The molecule has 0 saturated heterocycles. The Kier molecular flexibility index (Phi) is 3.99. The number of halogens is 7. The standard InChI is InChI=1S/C9H6ClF6NO/c10-6-4(7(18)17-3-5(11)12)1-2-8(13,14)9(6,15)16/h1-2,5H,3H2,(H,17,18). The van der Waals surface area contributed by atoms with Crippen molar-refractivity contribution in [1.29, 1.82) is 0 Å². The third-order valence-electron chi connectivity index (χ3n) is 2.05. The summed E-state index contributed by atoms with van der Waals surface area (Å²) in [4.78, 5) is 11.2. The van der Waals surface area contributed by atoms with E-state index in [1.807, 2.05) is 0 Å². The van der Waals surface area contributed by atoms with Gasteiger partial charge in [0.1, 0.15) is 5.03 Å². The van der Waals surface area contributed by atoms with Gasteiger partial charge in [-0.1, -0.05) is 11.6 Å². The van der Waals surface area contributed by atoms with Gasteiger partial charge in [0, 0.05) is 0 Å². The Morgan fingerprint density at radius 3 is 2.39 bits per heavy atom. The van der Waals surface area contributed by atoms with Crippen molar-refractivity contribution in [3.8, 4) is 0 Å². The highest BCUT2D eigenvalue weighted by molar-refractivity contribution is 6.33. The third kappa shape index (κ3) is 2.63. The van der Waals surface area contributed by atoms with Crippen LogP contribution in [0.1, 0.15) is 0 Å². The van der Waals surface area contributed by atoms with Crippen LogP contribution >= 0.6 is 11.6 Å². The number of hydrogen-bond acceptors (Lipinski definition) is 1. The first-order valence-electron chi connectivity index (χ1n) is 4.51. The average Bonchev–Trinajstić information content (AvgIpc) is 2.24. The highest BCUT2D eigenvalue weighted by atomic mass is 35.5. The van der Waals surface area contributed by atoms with Gasteiger partial charge in [-0.2, -0.15) is 17.6 Å². The molecule has 0 aromatic heterocycles. The molecule has 0 unspecified atom stereocenters. The Labute approximate surface area is 102 Å². The summed E-state index contributed by atoms with van der Waals surface area (Å²) < 4.78 is 75.3. The Balaban J connectivity index is 2.97. The number of hydrogen-bond donors (Lipinski definition) is 1. The summed E-state index contributed by atoms with van der Waals surface area (Å²) in [6.45, 7) is -1.09. The van der Waals surface area contributed by atoms with Gasteiger partial charge in [-0.3, -0.25) is 4.79 Å². The van der Waals surface area contributed by atoms with E-state index in [-0.39, 0.29) is 6.08 Å². The van der Waals surface area contributed by atoms with Gasteiger partial charge in [-0.25, -0.2) is 8.78 Å². The number of nitrogens with one attached hydrogen (secondary N) is 1. The molecule has 1 amide bonds. The minimum Gasteiger partial charge on any atom is -0.346 e. The summed E-state index contributed by atoms with van der Waals surface area (Å²) in [6.07, 6.45) is -2.72. The molecule has 1 N–H and O–H groups in total. The molecular weight excluding hydrogens is 288 g/mol. The van der Waals surface area contributed by atoms with Crippen molar-refractivity contribution >= 4 is 17.5 Å². The number of carbonyl (C=O) groups excluding carboxylic acids is 1. The summed E-state index contributed by atoms with van der Waals surface area (Å²) in [5, 5.41) is -0.0923. The lowest BCUT2D eigenvalue weighted by Gasteiger charge is -2.27. The van der Waals surface area contributed by atoms with Gasteiger partial charge in [0.25, 0.3) is 12.3 Å². The predicted molar refractivity (Wildman–Crippen MR) is 50.9 cm³/mol. The van der Waals surface area contributed by atoms with Crippen molar-refractivity contribution in [3.05, 3.63) is 22.8 Å². The van der Waals surface area contributed by atoms with E-state index in [1.165, 1.54) is 0 Å². The Bertz CT molecular complexity index is 417. The summed E-state index contributed by atoms with van der Waals surface area (Å²) in [7, 11) is 0. The van der Waals surface area contributed by atoms with Crippen LogP contribution in [0.15, 0.2) is 22.8 Å². The van der Waals surface area contributed by atoms with Crippen molar-refractivity contribution in [3.63, 3.8) is 0 Å². The number of amides is 1. The predicted octanol–water partition coefficient (Wildman–Crippen LogP) is 2.70. The van der Waals surface area contributed by atoms with Crippen molar-refractivity contribution < 1.29 is 31.1 Å². The van der Waals surface area contributed by atoms with Gasteiger partial charge >= 0.3 is 11.8 Å². The zero-order chi connectivity index (χ0) is 14.1. The smallest absolute Gasteiger partial charge is 0.346 e. The SMILES string of the molecule is O=C(NCC(F)F)C1=C(Cl)C(F)(F)C(F)(F)C=C1. The number of allylic oxidation sites excluding steroid dienone is 2. The van der Waals surface area contributed by atoms with E-state index in [0.29, 0.717) is 6.08 Å². The average molecular weight is 294 g/mol. The highest BCUT2D eigenvalue weighted by Gasteiger charge is 2.59. The van der Waals surface area contributed by atoms with Crippen molar-refractivity contribution in [2.75, 3.05) is 6.54 Å². The third-order valence-corrected chi connectivity index (χ3v) is 2.49. The van der Waals surface area contributed by atoms with Crippen molar-refractivity contribution in [1.82, 2.24) is 5.32 Å². The van der Waals surface area contributed by atoms with Crippen LogP contribution < -0.4 is 5.32 Å². The van der Waals surface area contributed by atoms with Crippen LogP contribution in [0.25, 0.3) is 0 Å². The zero-order valence-corrected chi connectivity index (χ0v) is 9.25. The molecular formula is C9H6ClF6NO. The highest BCUT2D eigenvalue weighted by Crippen LogP contribution is 2.46. The normalized spacial score (nSPS) is 21.3. The molecule has 0 heterocycles. The first-order chi connectivity index (χ1) is 8.09.